The van der Waals surface area contributed by atoms with Crippen LogP contribution in [-0.2, 0) is 10.3 Å². The van der Waals surface area contributed by atoms with Crippen LogP contribution in [-0.4, -0.2) is 27.8 Å². The standard InChI is InChI=1S/C19H15ClN4O3/c1-19(12-5-3-2-4-6-12)17(26)24(18(27)22-19)23-16(25)15-10-11-9-13(20)7-8-14(11)21-15/h2-10,21H,1H3,(H,22,27)(H,23,25). The predicted molar refractivity (Wildman–Crippen MR) is 99.9 cm³/mol. The highest BCUT2D eigenvalue weighted by atomic mass is 35.5. The van der Waals surface area contributed by atoms with Crippen molar-refractivity contribution in [2.75, 3.05) is 0 Å². The van der Waals surface area contributed by atoms with Gasteiger partial charge in [0, 0.05) is 15.9 Å². The molecule has 0 aliphatic carbocycles. The largest absolute Gasteiger partial charge is 0.350 e. The van der Waals surface area contributed by atoms with Crippen LogP contribution in [0.3, 0.4) is 0 Å². The van der Waals surface area contributed by atoms with E-state index in [0.717, 1.165) is 10.9 Å². The van der Waals surface area contributed by atoms with Gasteiger partial charge in [0.1, 0.15) is 11.2 Å². The molecule has 0 saturated carbocycles. The van der Waals surface area contributed by atoms with E-state index >= 15 is 0 Å². The number of carbonyl (C=O) groups excluding carboxylic acids is 3. The maximum Gasteiger partial charge on any atom is 0.344 e. The lowest BCUT2D eigenvalue weighted by Crippen LogP contribution is -2.48. The Bertz CT molecular complexity index is 1080. The van der Waals surface area contributed by atoms with E-state index in [9.17, 15) is 14.4 Å². The fourth-order valence-electron chi connectivity index (χ4n) is 3.10. The van der Waals surface area contributed by atoms with Gasteiger partial charge in [0.15, 0.2) is 0 Å². The van der Waals surface area contributed by atoms with Crippen LogP contribution in [0.15, 0.2) is 54.6 Å². The highest BCUT2D eigenvalue weighted by molar-refractivity contribution is 6.31. The number of benzene rings is 2. The number of urea groups is 1. The number of H-pyrrole nitrogens is 1. The molecule has 0 spiro atoms. The molecule has 3 N–H and O–H groups in total. The van der Waals surface area contributed by atoms with Crippen molar-refractivity contribution in [2.45, 2.75) is 12.5 Å². The number of aromatic nitrogens is 1. The van der Waals surface area contributed by atoms with Gasteiger partial charge < -0.3 is 10.3 Å². The van der Waals surface area contributed by atoms with Gasteiger partial charge in [-0.25, -0.2) is 4.79 Å². The van der Waals surface area contributed by atoms with E-state index in [0.29, 0.717) is 15.6 Å². The van der Waals surface area contributed by atoms with E-state index in [2.05, 4.69) is 15.7 Å². The van der Waals surface area contributed by atoms with Crippen molar-refractivity contribution in [1.29, 1.82) is 0 Å². The molecule has 0 radical (unpaired) electrons. The molecule has 1 saturated heterocycles. The second kappa shape index (κ2) is 6.14. The van der Waals surface area contributed by atoms with E-state index in [1.165, 1.54) is 0 Å². The van der Waals surface area contributed by atoms with Crippen molar-refractivity contribution in [3.8, 4) is 0 Å². The molecular formula is C19H15ClN4O3. The minimum absolute atomic E-state index is 0.209. The summed E-state index contributed by atoms with van der Waals surface area (Å²) in [6, 6.07) is 14.9. The average molecular weight is 383 g/mol. The molecule has 4 amide bonds. The zero-order valence-corrected chi connectivity index (χ0v) is 15.0. The number of hydrogen-bond donors (Lipinski definition) is 3. The van der Waals surface area contributed by atoms with Crippen LogP contribution < -0.4 is 10.7 Å². The third-order valence-electron chi connectivity index (χ3n) is 4.58. The first-order valence-electron chi connectivity index (χ1n) is 8.20. The van der Waals surface area contributed by atoms with Crippen LogP contribution in [0.1, 0.15) is 23.0 Å². The molecule has 1 fully saturated rings. The van der Waals surface area contributed by atoms with Crippen LogP contribution in [0, 0.1) is 0 Å². The van der Waals surface area contributed by atoms with Gasteiger partial charge in [-0.2, -0.15) is 5.01 Å². The van der Waals surface area contributed by atoms with E-state index in [4.69, 9.17) is 11.6 Å². The number of hydrazine groups is 1. The number of aromatic amines is 1. The maximum atomic E-state index is 12.8. The number of nitrogens with zero attached hydrogens (tertiary/aromatic N) is 1. The minimum Gasteiger partial charge on any atom is -0.350 e. The third kappa shape index (κ3) is 2.82. The van der Waals surface area contributed by atoms with Gasteiger partial charge in [-0.15, -0.1) is 0 Å². The van der Waals surface area contributed by atoms with Gasteiger partial charge in [-0.1, -0.05) is 41.9 Å². The van der Waals surface area contributed by atoms with Crippen LogP contribution in [0.2, 0.25) is 5.02 Å². The van der Waals surface area contributed by atoms with Crippen molar-refractivity contribution in [3.63, 3.8) is 0 Å². The first kappa shape index (κ1) is 17.1. The summed E-state index contributed by atoms with van der Waals surface area (Å²) < 4.78 is 0. The van der Waals surface area contributed by atoms with Crippen molar-refractivity contribution >= 4 is 40.3 Å². The Hall–Kier alpha value is -3.32. The smallest absolute Gasteiger partial charge is 0.344 e. The Morgan fingerprint density at radius 3 is 2.59 bits per heavy atom. The summed E-state index contributed by atoms with van der Waals surface area (Å²) in [6.45, 7) is 1.60. The van der Waals surface area contributed by atoms with Crippen molar-refractivity contribution in [1.82, 2.24) is 20.7 Å². The molecule has 2 aromatic carbocycles. The normalized spacial score (nSPS) is 19.4. The molecular weight excluding hydrogens is 368 g/mol. The number of hydrogen-bond acceptors (Lipinski definition) is 3. The van der Waals surface area contributed by atoms with Crippen LogP contribution in [0.4, 0.5) is 4.79 Å². The zero-order valence-electron chi connectivity index (χ0n) is 14.2. The molecule has 1 aliphatic heterocycles. The van der Waals surface area contributed by atoms with Gasteiger partial charge >= 0.3 is 6.03 Å². The first-order chi connectivity index (χ1) is 12.9. The molecule has 3 aromatic rings. The fourth-order valence-corrected chi connectivity index (χ4v) is 3.28. The molecule has 1 aliphatic rings. The minimum atomic E-state index is -1.25. The first-order valence-corrected chi connectivity index (χ1v) is 8.58. The predicted octanol–water partition coefficient (Wildman–Crippen LogP) is 2.93. The Morgan fingerprint density at radius 2 is 1.85 bits per heavy atom. The number of rotatable bonds is 3. The Morgan fingerprint density at radius 1 is 1.11 bits per heavy atom. The quantitative estimate of drug-likeness (QED) is 0.608. The highest BCUT2D eigenvalue weighted by Crippen LogP contribution is 2.28. The molecule has 136 valence electrons. The van der Waals surface area contributed by atoms with E-state index in [-0.39, 0.29) is 5.69 Å². The summed E-state index contributed by atoms with van der Waals surface area (Å²) in [5.41, 5.74) is 2.67. The number of imide groups is 1. The highest BCUT2D eigenvalue weighted by Gasteiger charge is 2.50. The molecule has 7 nitrogen and oxygen atoms in total. The number of amides is 4. The fraction of sp³-hybridized carbons (Fsp3) is 0.105. The lowest BCUT2D eigenvalue weighted by atomic mass is 9.92. The summed E-state index contributed by atoms with van der Waals surface area (Å²) in [5, 5.41) is 4.63. The topological polar surface area (TPSA) is 94.3 Å². The Kier molecular flexibility index (Phi) is 3.89. The van der Waals surface area contributed by atoms with Gasteiger partial charge in [0.25, 0.3) is 11.8 Å². The summed E-state index contributed by atoms with van der Waals surface area (Å²) >= 11 is 5.95. The molecule has 2 heterocycles. The van der Waals surface area contributed by atoms with Crippen LogP contribution >= 0.6 is 11.6 Å². The molecule has 1 unspecified atom stereocenters. The zero-order chi connectivity index (χ0) is 19.2. The van der Waals surface area contributed by atoms with Crippen molar-refractivity contribution < 1.29 is 14.4 Å². The lowest BCUT2D eigenvalue weighted by molar-refractivity contribution is -0.132. The molecule has 27 heavy (non-hydrogen) atoms. The van der Waals surface area contributed by atoms with Crippen molar-refractivity contribution in [3.05, 3.63) is 70.9 Å². The number of carbonyl (C=O) groups is 3. The van der Waals surface area contributed by atoms with Gasteiger partial charge in [-0.3, -0.25) is 15.0 Å². The van der Waals surface area contributed by atoms with E-state index in [1.54, 1.807) is 55.5 Å². The summed E-state index contributed by atoms with van der Waals surface area (Å²) in [7, 11) is 0. The summed E-state index contributed by atoms with van der Waals surface area (Å²) in [5.74, 6) is -1.17. The molecule has 1 aromatic heterocycles. The molecule has 8 heteroatoms. The third-order valence-corrected chi connectivity index (χ3v) is 4.82. The van der Waals surface area contributed by atoms with Crippen molar-refractivity contribution in [2.24, 2.45) is 0 Å². The van der Waals surface area contributed by atoms with Gasteiger partial charge in [0.2, 0.25) is 0 Å². The maximum absolute atomic E-state index is 12.8. The van der Waals surface area contributed by atoms with E-state index in [1.807, 2.05) is 6.07 Å². The number of fused-ring (bicyclic) bond motifs is 1. The Balaban J connectivity index is 1.59. The summed E-state index contributed by atoms with van der Waals surface area (Å²) in [4.78, 5) is 40.6. The van der Waals surface area contributed by atoms with Crippen LogP contribution in [0.25, 0.3) is 10.9 Å². The molecule has 4 rings (SSSR count). The van der Waals surface area contributed by atoms with E-state index < -0.39 is 23.4 Å². The number of halogens is 1. The summed E-state index contributed by atoms with van der Waals surface area (Å²) in [6.07, 6.45) is 0. The second-order valence-electron chi connectivity index (χ2n) is 6.42. The van der Waals surface area contributed by atoms with Gasteiger partial charge in [-0.05, 0) is 36.8 Å². The van der Waals surface area contributed by atoms with Crippen LogP contribution in [0.5, 0.6) is 0 Å². The number of nitrogens with one attached hydrogen (secondary N) is 3. The average Bonchev–Trinajstić information content (AvgIpc) is 3.17. The second-order valence-corrected chi connectivity index (χ2v) is 6.85. The molecule has 0 bridgehead atoms. The lowest BCUT2D eigenvalue weighted by Gasteiger charge is -2.21. The SMILES string of the molecule is CC1(c2ccccc2)NC(=O)N(NC(=O)c2cc3cc(Cl)ccc3[nH]2)C1=O. The van der Waals surface area contributed by atoms with Gasteiger partial charge in [0.05, 0.1) is 0 Å². The molecule has 1 atom stereocenters. The Labute approximate surface area is 159 Å². The monoisotopic (exact) mass is 382 g/mol.